The molecular weight excluding hydrogens is 494 g/mol. The molecule has 3 spiro atoms. The first-order valence-corrected chi connectivity index (χ1v) is 14.1. The number of fused-ring (bicyclic) bond motifs is 1. The molecule has 1 N–H and O–H groups in total. The third kappa shape index (κ3) is 2.54. The minimum Gasteiger partial charge on any atom is -0.387 e. The number of rotatable bonds is 2. The molecule has 2 aromatic rings. The van der Waals surface area contributed by atoms with E-state index in [0.29, 0.717) is 12.2 Å². The van der Waals surface area contributed by atoms with Crippen LogP contribution in [0.25, 0.3) is 11.3 Å². The van der Waals surface area contributed by atoms with Crippen LogP contribution in [-0.4, -0.2) is 56.3 Å². The Morgan fingerprint density at radius 3 is 2.67 bits per heavy atom. The smallest absolute Gasteiger partial charge is 0.213 e. The fourth-order valence-corrected chi connectivity index (χ4v) is 9.94. The van der Waals surface area contributed by atoms with E-state index < -0.39 is 34.6 Å². The van der Waals surface area contributed by atoms with Crippen molar-refractivity contribution in [2.45, 2.75) is 70.4 Å². The Balaban J connectivity index is 1.37. The van der Waals surface area contributed by atoms with Crippen LogP contribution in [-0.2, 0) is 19.0 Å². The van der Waals surface area contributed by atoms with Crippen molar-refractivity contribution < 1.29 is 24.1 Å². The van der Waals surface area contributed by atoms with Gasteiger partial charge in [0.2, 0.25) is 5.79 Å². The minimum atomic E-state index is -1.50. The second kappa shape index (κ2) is 7.16. The first-order chi connectivity index (χ1) is 18.5. The average molecular weight is 530 g/mol. The number of aliphatic hydroxyl groups is 1. The Morgan fingerprint density at radius 2 is 1.90 bits per heavy atom. The third-order valence-corrected chi connectivity index (χ3v) is 11.0. The molecule has 4 aliphatic carbocycles. The molecule has 1 aromatic carbocycles. The van der Waals surface area contributed by atoms with E-state index in [1.54, 1.807) is 0 Å². The van der Waals surface area contributed by atoms with Gasteiger partial charge in [0.1, 0.15) is 17.2 Å². The Labute approximate surface area is 228 Å². The van der Waals surface area contributed by atoms with Crippen LogP contribution in [0.4, 0.5) is 0 Å². The maximum atomic E-state index is 14.5. The van der Waals surface area contributed by atoms with Crippen molar-refractivity contribution >= 4 is 5.78 Å². The molecule has 8 nitrogen and oxygen atoms in total. The molecule has 0 radical (unpaired) electrons. The molecule has 9 atom stereocenters. The van der Waals surface area contributed by atoms with Crippen LogP contribution < -0.4 is 0 Å². The van der Waals surface area contributed by atoms with Crippen molar-refractivity contribution in [3.63, 3.8) is 0 Å². The number of benzene rings is 1. The first kappa shape index (κ1) is 24.2. The summed E-state index contributed by atoms with van der Waals surface area (Å²) in [6.45, 7) is 12.6. The van der Waals surface area contributed by atoms with Crippen molar-refractivity contribution in [3.8, 4) is 11.3 Å². The normalized spacial score (nSPS) is 46.2. The summed E-state index contributed by atoms with van der Waals surface area (Å²) in [6.07, 6.45) is 6.45. The number of nitrogens with zero attached hydrogens (tertiary/aromatic N) is 3. The number of hydrogen-bond acceptors (Lipinski definition) is 7. The maximum absolute atomic E-state index is 14.5. The number of aromatic nitrogens is 3. The predicted octanol–water partition coefficient (Wildman–Crippen LogP) is 4.09. The van der Waals surface area contributed by atoms with E-state index in [4.69, 9.17) is 14.2 Å². The second-order valence-electron chi connectivity index (χ2n) is 13.6. The van der Waals surface area contributed by atoms with E-state index in [2.05, 4.69) is 42.9 Å². The van der Waals surface area contributed by atoms with E-state index >= 15 is 0 Å². The monoisotopic (exact) mass is 529 g/mol. The minimum absolute atomic E-state index is 0.0678. The predicted molar refractivity (Wildman–Crippen MR) is 141 cm³/mol. The summed E-state index contributed by atoms with van der Waals surface area (Å²) in [6, 6.07) is 9.71. The van der Waals surface area contributed by atoms with Gasteiger partial charge in [0.05, 0.1) is 24.9 Å². The van der Waals surface area contributed by atoms with Gasteiger partial charge in [-0.2, -0.15) is 0 Å². The lowest BCUT2D eigenvalue weighted by Gasteiger charge is -2.77. The molecule has 3 saturated carbocycles. The number of hydrogen-bond donors (Lipinski definition) is 1. The molecule has 1 aromatic heterocycles. The quantitative estimate of drug-likeness (QED) is 0.463. The third-order valence-electron chi connectivity index (χ3n) is 11.0. The van der Waals surface area contributed by atoms with Crippen molar-refractivity contribution in [1.82, 2.24) is 15.0 Å². The van der Waals surface area contributed by atoms with Crippen LogP contribution in [0.5, 0.6) is 0 Å². The molecule has 3 aliphatic heterocycles. The largest absolute Gasteiger partial charge is 0.387 e. The topological polar surface area (TPSA) is 95.7 Å². The van der Waals surface area contributed by atoms with Crippen LogP contribution >= 0.6 is 0 Å². The lowest BCUT2D eigenvalue weighted by molar-refractivity contribution is -0.529. The summed E-state index contributed by atoms with van der Waals surface area (Å²) in [4.78, 5) is 14.5. The van der Waals surface area contributed by atoms with E-state index in [9.17, 15) is 9.90 Å². The van der Waals surface area contributed by atoms with E-state index in [0.717, 1.165) is 24.1 Å². The fourth-order valence-electron chi connectivity index (χ4n) is 9.94. The lowest BCUT2D eigenvalue weighted by atomic mass is 9.36. The fraction of sp³-hybridized carbons (Fsp3) is 0.581. The number of ketones is 1. The second-order valence-corrected chi connectivity index (χ2v) is 13.6. The SMILES string of the molecule is C=C1C(=O)[C@@]23[C@@H]4OC(C)(C)O[C@]25OC[C@]2([C@@H](n6cc(-c7ccccc7)nn6)C=CC(C)(C)[C@H]2[C@@H]5O)[C@@H]3CC[C@@H]14. The summed E-state index contributed by atoms with van der Waals surface area (Å²) in [5, 5.41) is 21.7. The highest BCUT2D eigenvalue weighted by Gasteiger charge is 2.89. The summed E-state index contributed by atoms with van der Waals surface area (Å²) in [5.74, 6) is -3.11. The number of Topliss-reactive ketones (excluding diaryl/α,β-unsaturated/α-hetero) is 1. The van der Waals surface area contributed by atoms with E-state index in [1.165, 1.54) is 0 Å². The molecule has 0 unspecified atom stereocenters. The van der Waals surface area contributed by atoms with Gasteiger partial charge in [0, 0.05) is 22.8 Å². The molecule has 0 amide bonds. The molecule has 6 fully saturated rings. The first-order valence-electron chi connectivity index (χ1n) is 14.1. The van der Waals surface area contributed by atoms with Crippen LogP contribution in [0.1, 0.15) is 46.6 Å². The molecule has 39 heavy (non-hydrogen) atoms. The van der Waals surface area contributed by atoms with E-state index in [-0.39, 0.29) is 35.0 Å². The van der Waals surface area contributed by atoms with Crippen LogP contribution in [0.3, 0.4) is 0 Å². The van der Waals surface area contributed by atoms with Gasteiger partial charge in [0.25, 0.3) is 0 Å². The molecule has 4 heterocycles. The zero-order chi connectivity index (χ0) is 27.2. The van der Waals surface area contributed by atoms with Gasteiger partial charge in [-0.1, -0.05) is 68.1 Å². The Kier molecular flexibility index (Phi) is 4.43. The number of carbonyl (C=O) groups is 1. The van der Waals surface area contributed by atoms with Crippen molar-refractivity contribution in [2.75, 3.05) is 6.61 Å². The highest BCUT2D eigenvalue weighted by atomic mass is 16.8. The van der Waals surface area contributed by atoms with Gasteiger partial charge in [0.15, 0.2) is 11.6 Å². The summed E-state index contributed by atoms with van der Waals surface area (Å²) in [7, 11) is 0. The number of carbonyl (C=O) groups excluding carboxylic acids is 1. The Morgan fingerprint density at radius 1 is 1.13 bits per heavy atom. The maximum Gasteiger partial charge on any atom is 0.213 e. The molecule has 7 aliphatic rings. The molecule has 4 bridgehead atoms. The van der Waals surface area contributed by atoms with Crippen molar-refractivity contribution in [1.29, 1.82) is 0 Å². The molecular formula is C31H35N3O5. The zero-order valence-electron chi connectivity index (χ0n) is 22.8. The Hall–Kier alpha value is -2.65. The van der Waals surface area contributed by atoms with Gasteiger partial charge in [-0.3, -0.25) is 4.79 Å². The van der Waals surface area contributed by atoms with Crippen molar-refractivity contribution in [2.24, 2.45) is 34.0 Å². The summed E-state index contributed by atoms with van der Waals surface area (Å²) < 4.78 is 22.0. The van der Waals surface area contributed by atoms with Gasteiger partial charge in [-0.05, 0) is 43.6 Å². The number of allylic oxidation sites excluding steroid dienone is 2. The highest BCUT2D eigenvalue weighted by Crippen LogP contribution is 2.80. The van der Waals surface area contributed by atoms with Gasteiger partial charge in [-0.25, -0.2) is 4.68 Å². The summed E-state index contributed by atoms with van der Waals surface area (Å²) in [5.41, 5.74) is 0.151. The number of ether oxygens (including phenoxy) is 3. The highest BCUT2D eigenvalue weighted by molar-refractivity contribution is 6.05. The zero-order valence-corrected chi connectivity index (χ0v) is 22.8. The Bertz CT molecular complexity index is 1450. The molecule has 8 heteroatoms. The molecule has 9 rings (SSSR count). The molecule has 3 saturated heterocycles. The van der Waals surface area contributed by atoms with Crippen LogP contribution in [0, 0.1) is 34.0 Å². The lowest BCUT2D eigenvalue weighted by Crippen LogP contribution is -2.87. The van der Waals surface area contributed by atoms with Gasteiger partial charge >= 0.3 is 0 Å². The standard InChI is InChI=1S/C31H35N3O5/c1-17-19-11-12-21-29-16-37-31(30(21,24(17)35)26(19)38-28(4,5)39-31)25(36)23(29)27(2,3)14-13-22(29)34-15-20(32-33-34)18-9-7-6-8-10-18/h6-10,13-15,19,21-23,25-26,36H,1,11-12,16H2,2-5H3/t19-,21-,22-,23+,25-,26+,29+,30-,31-/m0/s1. The van der Waals surface area contributed by atoms with Crippen LogP contribution in [0.2, 0.25) is 0 Å². The summed E-state index contributed by atoms with van der Waals surface area (Å²) >= 11 is 0. The van der Waals surface area contributed by atoms with Gasteiger partial charge < -0.3 is 19.3 Å². The van der Waals surface area contributed by atoms with Gasteiger partial charge in [-0.15, -0.1) is 5.10 Å². The van der Waals surface area contributed by atoms with Crippen LogP contribution in [0.15, 0.2) is 60.8 Å². The van der Waals surface area contributed by atoms with Crippen molar-refractivity contribution in [3.05, 3.63) is 60.8 Å². The van der Waals surface area contributed by atoms with E-state index in [1.807, 2.05) is 55.1 Å². The average Bonchev–Trinajstić information content (AvgIpc) is 3.42. The number of aliphatic hydroxyl groups excluding tert-OH is 1. The molecule has 204 valence electrons.